The first-order valence-electron chi connectivity index (χ1n) is 13.0. The lowest BCUT2D eigenvalue weighted by Crippen LogP contribution is -2.18. The number of hydrogen-bond donors (Lipinski definition) is 0. The fourth-order valence-electron chi connectivity index (χ4n) is 4.34. The van der Waals surface area contributed by atoms with Crippen molar-refractivity contribution in [3.63, 3.8) is 0 Å². The van der Waals surface area contributed by atoms with Crippen molar-refractivity contribution in [3.05, 3.63) is 170 Å². The van der Waals surface area contributed by atoms with E-state index >= 15 is 0 Å². The van der Waals surface area contributed by atoms with Gasteiger partial charge in [-0.05, 0) is 35.7 Å². The molecule has 1 heteroatoms. The molecule has 0 aliphatic rings. The third kappa shape index (κ3) is 7.96. The second-order valence-electron chi connectivity index (χ2n) is 8.60. The average molecular weight is 506 g/mol. The van der Waals surface area contributed by atoms with E-state index in [4.69, 9.17) is 0 Å². The fraction of sp³-hybridized carbons (Fsp3) is 0.0526. The molecule has 0 aromatic heterocycles. The van der Waals surface area contributed by atoms with Crippen LogP contribution in [0.1, 0.15) is 12.5 Å². The van der Waals surface area contributed by atoms with Crippen molar-refractivity contribution in [2.75, 3.05) is 4.90 Å². The SMILES string of the molecule is C#C.C=C/C=C\C.c1ccc(CN(c2ccccc2-c2ccccc2)c2ccccc2-c2ccccc2)cc1. The Labute approximate surface area is 234 Å². The van der Waals surface area contributed by atoms with Crippen LogP contribution >= 0.6 is 0 Å². The monoisotopic (exact) mass is 505 g/mol. The molecular formula is C38H35N. The lowest BCUT2D eigenvalue weighted by molar-refractivity contribution is 0.977. The third-order valence-electron chi connectivity index (χ3n) is 6.07. The van der Waals surface area contributed by atoms with Crippen LogP contribution in [0.2, 0.25) is 0 Å². The molecule has 0 fully saturated rings. The summed E-state index contributed by atoms with van der Waals surface area (Å²) in [5, 5.41) is 0. The van der Waals surface area contributed by atoms with Crippen molar-refractivity contribution in [3.8, 4) is 35.1 Å². The minimum Gasteiger partial charge on any atom is -0.336 e. The Morgan fingerprint density at radius 3 is 1.33 bits per heavy atom. The van der Waals surface area contributed by atoms with E-state index in [1.165, 1.54) is 39.2 Å². The number of terminal acetylenes is 1. The van der Waals surface area contributed by atoms with Gasteiger partial charge in [-0.2, -0.15) is 0 Å². The van der Waals surface area contributed by atoms with Crippen molar-refractivity contribution in [1.29, 1.82) is 0 Å². The smallest absolute Gasteiger partial charge is 0.0493 e. The summed E-state index contributed by atoms with van der Waals surface area (Å²) in [6.45, 7) is 6.21. The summed E-state index contributed by atoms with van der Waals surface area (Å²) in [5.74, 6) is 0. The molecule has 0 heterocycles. The number of hydrogen-bond acceptors (Lipinski definition) is 1. The fourth-order valence-corrected chi connectivity index (χ4v) is 4.34. The number of allylic oxidation sites excluding steroid dienone is 3. The predicted molar refractivity (Wildman–Crippen MR) is 171 cm³/mol. The quantitative estimate of drug-likeness (QED) is 0.157. The Morgan fingerprint density at radius 2 is 0.949 bits per heavy atom. The van der Waals surface area contributed by atoms with Crippen molar-refractivity contribution < 1.29 is 0 Å². The number of anilines is 2. The highest BCUT2D eigenvalue weighted by Crippen LogP contribution is 2.40. The summed E-state index contributed by atoms with van der Waals surface area (Å²) < 4.78 is 0. The summed E-state index contributed by atoms with van der Waals surface area (Å²) in [5.41, 5.74) is 8.57. The van der Waals surface area contributed by atoms with Crippen LogP contribution in [0.15, 0.2) is 164 Å². The van der Waals surface area contributed by atoms with E-state index in [0.29, 0.717) is 0 Å². The first-order chi connectivity index (χ1) is 19.3. The van der Waals surface area contributed by atoms with Crippen LogP contribution in [0.3, 0.4) is 0 Å². The van der Waals surface area contributed by atoms with Crippen LogP contribution in [-0.4, -0.2) is 0 Å². The van der Waals surface area contributed by atoms with Crippen molar-refractivity contribution in [2.45, 2.75) is 13.5 Å². The van der Waals surface area contributed by atoms with Crippen LogP contribution in [0.4, 0.5) is 11.4 Å². The van der Waals surface area contributed by atoms with E-state index in [0.717, 1.165) is 6.54 Å². The van der Waals surface area contributed by atoms with Crippen LogP contribution in [-0.2, 0) is 6.54 Å². The van der Waals surface area contributed by atoms with E-state index in [1.54, 1.807) is 6.08 Å². The van der Waals surface area contributed by atoms with Crippen molar-refractivity contribution in [1.82, 2.24) is 0 Å². The topological polar surface area (TPSA) is 3.24 Å². The highest BCUT2D eigenvalue weighted by molar-refractivity contribution is 5.88. The molecule has 5 rings (SSSR count). The van der Waals surface area contributed by atoms with Gasteiger partial charge in [-0.3, -0.25) is 0 Å². The molecule has 0 atom stereocenters. The lowest BCUT2D eigenvalue weighted by Gasteiger charge is -2.30. The second-order valence-corrected chi connectivity index (χ2v) is 8.60. The maximum atomic E-state index is 4.00. The molecule has 0 saturated heterocycles. The molecule has 0 aliphatic heterocycles. The molecule has 1 nitrogen and oxygen atoms in total. The highest BCUT2D eigenvalue weighted by Gasteiger charge is 2.18. The maximum Gasteiger partial charge on any atom is 0.0493 e. The van der Waals surface area contributed by atoms with Gasteiger partial charge in [-0.1, -0.05) is 152 Å². The van der Waals surface area contributed by atoms with Gasteiger partial charge >= 0.3 is 0 Å². The minimum absolute atomic E-state index is 0.786. The Kier molecular flexibility index (Phi) is 11.6. The highest BCUT2D eigenvalue weighted by atomic mass is 15.1. The number of rotatable bonds is 7. The molecule has 0 amide bonds. The van der Waals surface area contributed by atoms with Gasteiger partial charge in [0, 0.05) is 29.0 Å². The summed E-state index contributed by atoms with van der Waals surface area (Å²) in [4.78, 5) is 2.44. The van der Waals surface area contributed by atoms with Gasteiger partial charge in [-0.25, -0.2) is 0 Å². The number of benzene rings is 5. The Morgan fingerprint density at radius 1 is 0.564 bits per heavy atom. The average Bonchev–Trinajstić information content (AvgIpc) is 3.03. The molecule has 5 aromatic rings. The molecule has 0 bridgehead atoms. The largest absolute Gasteiger partial charge is 0.336 e. The van der Waals surface area contributed by atoms with E-state index in [9.17, 15) is 0 Å². The molecule has 192 valence electrons. The second kappa shape index (κ2) is 15.9. The maximum absolute atomic E-state index is 4.00. The summed E-state index contributed by atoms with van der Waals surface area (Å²) >= 11 is 0. The van der Waals surface area contributed by atoms with Crippen LogP contribution in [0, 0.1) is 12.8 Å². The molecule has 0 spiro atoms. The molecule has 0 aliphatic carbocycles. The van der Waals surface area contributed by atoms with Crippen LogP contribution in [0.25, 0.3) is 22.3 Å². The van der Waals surface area contributed by atoms with Gasteiger partial charge in [0.25, 0.3) is 0 Å². The number of nitrogens with zero attached hydrogens (tertiary/aromatic N) is 1. The first kappa shape index (κ1) is 28.5. The summed E-state index contributed by atoms with van der Waals surface area (Å²) in [6.07, 6.45) is 13.6. The zero-order chi connectivity index (χ0) is 27.7. The zero-order valence-electron chi connectivity index (χ0n) is 22.5. The third-order valence-corrected chi connectivity index (χ3v) is 6.07. The van der Waals surface area contributed by atoms with Crippen molar-refractivity contribution >= 4 is 11.4 Å². The van der Waals surface area contributed by atoms with Gasteiger partial charge in [0.15, 0.2) is 0 Å². The Bertz CT molecular complexity index is 1370. The Hall–Kier alpha value is -5.06. The van der Waals surface area contributed by atoms with Gasteiger partial charge < -0.3 is 4.90 Å². The molecule has 0 N–H and O–H groups in total. The van der Waals surface area contributed by atoms with Gasteiger partial charge in [-0.15, -0.1) is 12.8 Å². The molecule has 0 radical (unpaired) electrons. The lowest BCUT2D eigenvalue weighted by atomic mass is 9.99. The minimum atomic E-state index is 0.786. The molecule has 5 aromatic carbocycles. The van der Waals surface area contributed by atoms with Gasteiger partial charge in [0.05, 0.1) is 0 Å². The van der Waals surface area contributed by atoms with E-state index in [-0.39, 0.29) is 0 Å². The standard InChI is InChI=1S/C31H25N.C5H8.C2H2/c1-4-14-25(15-5-1)24-32(30-22-12-10-20-28(30)26-16-6-2-7-17-26)31-23-13-11-21-29(31)27-18-8-3-9-19-27;1-3-5-4-2;1-2/h1-23H,24H2;3-5H,1H2,2H3;1-2H/b;5-4-;. The first-order valence-corrected chi connectivity index (χ1v) is 13.0. The van der Waals surface area contributed by atoms with E-state index < -0.39 is 0 Å². The predicted octanol–water partition coefficient (Wildman–Crippen LogP) is 10.4. The molecule has 39 heavy (non-hydrogen) atoms. The normalized spacial score (nSPS) is 9.92. The van der Waals surface area contributed by atoms with Crippen molar-refractivity contribution in [2.24, 2.45) is 0 Å². The number of para-hydroxylation sites is 2. The van der Waals surface area contributed by atoms with E-state index in [2.05, 4.69) is 164 Å². The molecular weight excluding hydrogens is 470 g/mol. The molecule has 0 saturated carbocycles. The Balaban J connectivity index is 0.000000542. The van der Waals surface area contributed by atoms with Crippen LogP contribution in [0.5, 0.6) is 0 Å². The van der Waals surface area contributed by atoms with Gasteiger partial charge in [0.2, 0.25) is 0 Å². The molecule has 0 unspecified atom stereocenters. The van der Waals surface area contributed by atoms with E-state index in [1.807, 2.05) is 19.1 Å². The van der Waals surface area contributed by atoms with Crippen LogP contribution < -0.4 is 4.90 Å². The van der Waals surface area contributed by atoms with Gasteiger partial charge in [0.1, 0.15) is 0 Å². The zero-order valence-corrected chi connectivity index (χ0v) is 22.5. The summed E-state index contributed by atoms with van der Waals surface area (Å²) in [6, 6.07) is 49.4. The summed E-state index contributed by atoms with van der Waals surface area (Å²) in [7, 11) is 0.